The second-order valence-corrected chi connectivity index (χ2v) is 6.48. The molecule has 0 saturated heterocycles. The summed E-state index contributed by atoms with van der Waals surface area (Å²) in [6.07, 6.45) is 2.51. The largest absolute Gasteiger partial charge is 0.548 e. The van der Waals surface area contributed by atoms with Crippen molar-refractivity contribution in [1.82, 2.24) is 13.7 Å². The van der Waals surface area contributed by atoms with Crippen molar-refractivity contribution in [3.05, 3.63) is 26.7 Å². The van der Waals surface area contributed by atoms with Crippen LogP contribution in [0, 0.1) is 0 Å². The molecule has 2 aromatic heterocycles. The molecule has 0 aliphatic carbocycles. The minimum atomic E-state index is -1.48. The zero-order valence-electron chi connectivity index (χ0n) is 10.3. The molecular weight excluding hydrogens is 412 g/mol. The van der Waals surface area contributed by atoms with Gasteiger partial charge >= 0.3 is 0 Å². The van der Waals surface area contributed by atoms with Crippen LogP contribution in [0.15, 0.2) is 26.2 Å². The topological polar surface area (TPSA) is 115 Å². The van der Waals surface area contributed by atoms with E-state index in [9.17, 15) is 4.55 Å². The van der Waals surface area contributed by atoms with Crippen LogP contribution in [0.3, 0.4) is 0 Å². The maximum Gasteiger partial charge on any atom is 0.229 e. The van der Waals surface area contributed by atoms with Gasteiger partial charge < -0.3 is 15.6 Å². The molecule has 2 rings (SSSR count). The Morgan fingerprint density at radius 1 is 1.50 bits per heavy atom. The Bertz CT molecular complexity index is 655. The van der Waals surface area contributed by atoms with E-state index < -0.39 is 11.1 Å². The monoisotopic (exact) mass is 422 g/mol. The molecule has 7 nitrogen and oxygen atoms in total. The molecule has 2 aromatic rings. The van der Waals surface area contributed by atoms with Crippen molar-refractivity contribution in [1.29, 1.82) is 0 Å². The third-order valence-electron chi connectivity index (χ3n) is 2.31. The smallest absolute Gasteiger partial charge is 0.229 e. The molecule has 1 unspecified atom stereocenters. The molecule has 0 aliphatic heterocycles. The minimum Gasteiger partial charge on any atom is -0.548 e. The normalized spacial score (nSPS) is 12.8. The fraction of sp³-hybridized carbons (Fsp3) is 0.300. The van der Waals surface area contributed by atoms with Gasteiger partial charge in [-0.2, -0.15) is 0 Å². The number of nitrogen functional groups attached to an aromatic ring is 1. The molecule has 1 atom stereocenters. The number of aromatic nitrogens is 3. The van der Waals surface area contributed by atoms with Gasteiger partial charge in [0.1, 0.15) is 5.82 Å². The predicted molar refractivity (Wildman–Crippen MR) is 84.8 cm³/mol. The van der Waals surface area contributed by atoms with Crippen molar-refractivity contribution in [2.75, 3.05) is 24.1 Å². The highest BCUT2D eigenvalue weighted by molar-refractivity contribution is 9.11. The summed E-state index contributed by atoms with van der Waals surface area (Å²) in [4.78, 5) is 8.44. The molecule has 0 aliphatic rings. The number of halogens is 2. The number of aromatic amines is 1. The van der Waals surface area contributed by atoms with E-state index in [1.54, 1.807) is 6.20 Å². The van der Waals surface area contributed by atoms with E-state index in [1.807, 2.05) is 6.07 Å². The standard InChI is InChI=1S/C10H12Br2N6OS/c11-6-4-7(12)9(16-5-6)14-2-1-3-15-10-8(13)17-20(19)18-10/h4-5H,1-3H2,(H2,13,17)(H,14,16)(H,15,18). The van der Waals surface area contributed by atoms with Gasteiger partial charge in [-0.1, -0.05) is 0 Å². The molecule has 4 N–H and O–H groups in total. The zero-order chi connectivity index (χ0) is 14.5. The number of H-pyrrole nitrogens is 1. The maximum absolute atomic E-state index is 11.0. The van der Waals surface area contributed by atoms with Gasteiger partial charge in [-0.15, -0.1) is 4.37 Å². The third kappa shape index (κ3) is 4.27. The lowest BCUT2D eigenvalue weighted by Crippen LogP contribution is -2.11. The fourth-order valence-corrected chi connectivity index (χ4v) is 3.20. The summed E-state index contributed by atoms with van der Waals surface area (Å²) in [7, 11) is 0. The van der Waals surface area contributed by atoms with Crippen LogP contribution in [-0.4, -0.2) is 31.4 Å². The van der Waals surface area contributed by atoms with Crippen LogP contribution in [0.2, 0.25) is 0 Å². The lowest BCUT2D eigenvalue weighted by Gasteiger charge is -2.06. The lowest BCUT2D eigenvalue weighted by molar-refractivity contribution is 0.584. The van der Waals surface area contributed by atoms with Crippen LogP contribution in [0.1, 0.15) is 6.42 Å². The molecule has 10 heteroatoms. The van der Waals surface area contributed by atoms with Crippen molar-refractivity contribution in [3.8, 4) is 0 Å². The van der Waals surface area contributed by atoms with Crippen LogP contribution in [0.5, 0.6) is 0 Å². The number of hydrogen-bond acceptors (Lipinski definition) is 6. The molecule has 0 radical (unpaired) electrons. The Kier molecular flexibility index (Phi) is 5.52. The maximum atomic E-state index is 11.0. The highest BCUT2D eigenvalue weighted by atomic mass is 79.9. The van der Waals surface area contributed by atoms with Crippen molar-refractivity contribution >= 4 is 54.6 Å². The first-order valence-electron chi connectivity index (χ1n) is 5.68. The van der Waals surface area contributed by atoms with Gasteiger partial charge in [0.15, 0.2) is 11.1 Å². The number of rotatable bonds is 5. The predicted octanol–water partition coefficient (Wildman–Crippen LogP) is 2.04. The fourth-order valence-electron chi connectivity index (χ4n) is 1.42. The first-order chi connectivity index (χ1) is 9.56. The highest BCUT2D eigenvalue weighted by Gasteiger charge is 2.03. The van der Waals surface area contributed by atoms with Crippen molar-refractivity contribution in [2.45, 2.75) is 6.42 Å². The number of nitrogens with two attached hydrogens (primary N) is 1. The van der Waals surface area contributed by atoms with E-state index in [1.165, 1.54) is 0 Å². The number of hydrogen-bond donors (Lipinski definition) is 3. The van der Waals surface area contributed by atoms with Gasteiger partial charge in [-0.25, -0.2) is 4.98 Å². The number of pyridine rings is 1. The Hall–Kier alpha value is -0.970. The lowest BCUT2D eigenvalue weighted by atomic mass is 10.4. The molecule has 0 bridgehead atoms. The van der Waals surface area contributed by atoms with Crippen molar-refractivity contribution in [2.24, 2.45) is 4.99 Å². The van der Waals surface area contributed by atoms with Crippen molar-refractivity contribution in [3.63, 3.8) is 0 Å². The highest BCUT2D eigenvalue weighted by Crippen LogP contribution is 2.23. The Morgan fingerprint density at radius 3 is 2.95 bits per heavy atom. The van der Waals surface area contributed by atoms with E-state index in [0.717, 1.165) is 21.2 Å². The van der Waals surface area contributed by atoms with Gasteiger partial charge in [0.25, 0.3) is 0 Å². The SMILES string of the molecule is Nc1n[s+]([O-])[nH]c1=NCCCNc1ncc(Br)cc1Br. The molecule has 108 valence electrons. The average Bonchev–Trinajstić information content (AvgIpc) is 2.70. The van der Waals surface area contributed by atoms with Crippen LogP contribution in [0.25, 0.3) is 0 Å². The summed E-state index contributed by atoms with van der Waals surface area (Å²) in [6, 6.07) is 1.92. The summed E-state index contributed by atoms with van der Waals surface area (Å²) >= 11 is 5.29. The number of nitrogens with one attached hydrogen (secondary N) is 2. The van der Waals surface area contributed by atoms with E-state index in [4.69, 9.17) is 5.73 Å². The molecule has 20 heavy (non-hydrogen) atoms. The van der Waals surface area contributed by atoms with E-state index >= 15 is 0 Å². The summed E-state index contributed by atoms with van der Waals surface area (Å²) in [5.41, 5.74) is 5.93. The first kappa shape index (κ1) is 15.4. The Balaban J connectivity index is 1.82. The average molecular weight is 424 g/mol. The summed E-state index contributed by atoms with van der Waals surface area (Å²) in [5, 5.41) is 3.20. The molecule has 2 heterocycles. The van der Waals surface area contributed by atoms with Crippen LogP contribution < -0.4 is 16.5 Å². The van der Waals surface area contributed by atoms with Gasteiger partial charge in [0, 0.05) is 28.1 Å². The van der Waals surface area contributed by atoms with Crippen LogP contribution in [0.4, 0.5) is 11.6 Å². The van der Waals surface area contributed by atoms with Crippen molar-refractivity contribution < 1.29 is 4.55 Å². The summed E-state index contributed by atoms with van der Waals surface area (Å²) in [5.74, 6) is 0.968. The second-order valence-electron chi connectivity index (χ2n) is 3.82. The van der Waals surface area contributed by atoms with Gasteiger partial charge in [0.05, 0.1) is 4.47 Å². The quantitative estimate of drug-likeness (QED) is 0.502. The van der Waals surface area contributed by atoms with E-state index in [-0.39, 0.29) is 5.82 Å². The van der Waals surface area contributed by atoms with E-state index in [0.29, 0.717) is 18.6 Å². The van der Waals surface area contributed by atoms with Crippen LogP contribution >= 0.6 is 43.0 Å². The summed E-state index contributed by atoms with van der Waals surface area (Å²) < 4.78 is 19.0. The van der Waals surface area contributed by atoms with Gasteiger partial charge in [-0.05, 0) is 44.3 Å². The molecule has 0 aromatic carbocycles. The number of nitrogens with zero attached hydrogens (tertiary/aromatic N) is 3. The van der Waals surface area contributed by atoms with Gasteiger partial charge in [-0.3, -0.25) is 4.99 Å². The first-order valence-corrected chi connectivity index (χ1v) is 8.38. The molecule has 0 saturated carbocycles. The molecule has 0 amide bonds. The second kappa shape index (κ2) is 7.16. The molecular formula is C10H12Br2N6OS. The Morgan fingerprint density at radius 2 is 2.30 bits per heavy atom. The Labute approximate surface area is 135 Å². The molecule has 0 spiro atoms. The van der Waals surface area contributed by atoms with Crippen LogP contribution in [-0.2, 0) is 0 Å². The zero-order valence-corrected chi connectivity index (χ0v) is 14.3. The van der Waals surface area contributed by atoms with Gasteiger partial charge in [0.2, 0.25) is 11.3 Å². The number of anilines is 2. The minimum absolute atomic E-state index is 0.189. The summed E-state index contributed by atoms with van der Waals surface area (Å²) in [6.45, 7) is 1.26. The third-order valence-corrected chi connectivity index (χ3v) is 4.08. The molecule has 0 fully saturated rings. The van der Waals surface area contributed by atoms with E-state index in [2.05, 4.69) is 55.9 Å².